The van der Waals surface area contributed by atoms with Gasteiger partial charge in [0.1, 0.15) is 11.5 Å². The molecule has 1 rings (SSSR count). The summed E-state index contributed by atoms with van der Waals surface area (Å²) in [7, 11) is 3.22. The summed E-state index contributed by atoms with van der Waals surface area (Å²) in [6.07, 6.45) is 0.463. The Hall–Kier alpha value is -1.75. The Morgan fingerprint density at radius 2 is 2.00 bits per heavy atom. The first kappa shape index (κ1) is 16.3. The quantitative estimate of drug-likeness (QED) is 0.761. The molecule has 112 valence electrons. The molecule has 1 aromatic rings. The lowest BCUT2D eigenvalue weighted by molar-refractivity contribution is -0.121. The van der Waals surface area contributed by atoms with Crippen LogP contribution in [0.1, 0.15) is 25.8 Å². The van der Waals surface area contributed by atoms with E-state index in [0.717, 1.165) is 17.1 Å². The highest BCUT2D eigenvalue weighted by atomic mass is 16.5. The molecule has 0 saturated carbocycles. The van der Waals surface area contributed by atoms with E-state index in [2.05, 4.69) is 24.5 Å². The molecule has 1 aromatic carbocycles. The smallest absolute Gasteiger partial charge is 0.221 e. The third-order valence-corrected chi connectivity index (χ3v) is 2.87. The van der Waals surface area contributed by atoms with Crippen molar-refractivity contribution in [3.8, 4) is 11.5 Å². The molecule has 5 nitrogen and oxygen atoms in total. The summed E-state index contributed by atoms with van der Waals surface area (Å²) in [4.78, 5) is 11.7. The van der Waals surface area contributed by atoms with Gasteiger partial charge in [-0.25, -0.2) is 0 Å². The Bertz CT molecular complexity index is 433. The van der Waals surface area contributed by atoms with Crippen LogP contribution in [0.15, 0.2) is 18.2 Å². The lowest BCUT2D eigenvalue weighted by atomic mass is 10.2. The SMILES string of the molecule is COc1ccc(OC)c(CNC(=O)CCNC(C)C)c1. The van der Waals surface area contributed by atoms with Gasteiger partial charge in [-0.05, 0) is 18.2 Å². The summed E-state index contributed by atoms with van der Waals surface area (Å²) in [5, 5.41) is 6.09. The molecule has 0 unspecified atom stereocenters. The average Bonchev–Trinajstić information content (AvgIpc) is 2.44. The maximum atomic E-state index is 11.7. The van der Waals surface area contributed by atoms with Crippen molar-refractivity contribution in [1.29, 1.82) is 0 Å². The summed E-state index contributed by atoms with van der Waals surface area (Å²) in [5.74, 6) is 1.51. The van der Waals surface area contributed by atoms with Gasteiger partial charge < -0.3 is 20.1 Å². The fraction of sp³-hybridized carbons (Fsp3) is 0.533. The van der Waals surface area contributed by atoms with E-state index in [-0.39, 0.29) is 5.91 Å². The Morgan fingerprint density at radius 1 is 1.25 bits per heavy atom. The predicted molar refractivity (Wildman–Crippen MR) is 79.1 cm³/mol. The summed E-state index contributed by atoms with van der Waals surface area (Å²) in [6.45, 7) is 5.22. The Balaban J connectivity index is 2.49. The van der Waals surface area contributed by atoms with Crippen LogP contribution in [0.5, 0.6) is 11.5 Å². The van der Waals surface area contributed by atoms with Gasteiger partial charge in [-0.2, -0.15) is 0 Å². The minimum Gasteiger partial charge on any atom is -0.497 e. The fourth-order valence-electron chi connectivity index (χ4n) is 1.78. The van der Waals surface area contributed by atoms with E-state index in [1.807, 2.05) is 18.2 Å². The summed E-state index contributed by atoms with van der Waals surface area (Å²) in [5.41, 5.74) is 0.900. The molecule has 20 heavy (non-hydrogen) atoms. The minimum absolute atomic E-state index is 0.0167. The molecule has 0 fully saturated rings. The van der Waals surface area contributed by atoms with E-state index in [0.29, 0.717) is 25.6 Å². The van der Waals surface area contributed by atoms with Crippen molar-refractivity contribution in [3.05, 3.63) is 23.8 Å². The first-order valence-electron chi connectivity index (χ1n) is 6.77. The first-order chi connectivity index (χ1) is 9.56. The van der Waals surface area contributed by atoms with Crippen LogP contribution >= 0.6 is 0 Å². The van der Waals surface area contributed by atoms with E-state index >= 15 is 0 Å². The highest BCUT2D eigenvalue weighted by Gasteiger charge is 2.07. The molecule has 0 heterocycles. The van der Waals surface area contributed by atoms with Gasteiger partial charge in [-0.15, -0.1) is 0 Å². The molecule has 0 saturated heterocycles. The standard InChI is InChI=1S/C15H24N2O3/c1-11(2)16-8-7-15(18)17-10-12-9-13(19-3)5-6-14(12)20-4/h5-6,9,11,16H,7-8,10H2,1-4H3,(H,17,18). The van der Waals surface area contributed by atoms with Crippen LogP contribution in [0.4, 0.5) is 0 Å². The van der Waals surface area contributed by atoms with Gasteiger partial charge in [-0.3, -0.25) is 4.79 Å². The number of carbonyl (C=O) groups excluding carboxylic acids is 1. The first-order valence-corrected chi connectivity index (χ1v) is 6.77. The van der Waals surface area contributed by atoms with Crippen LogP contribution in [0.25, 0.3) is 0 Å². The third-order valence-electron chi connectivity index (χ3n) is 2.87. The molecule has 0 bridgehead atoms. The maximum Gasteiger partial charge on any atom is 0.221 e. The highest BCUT2D eigenvalue weighted by Crippen LogP contribution is 2.23. The highest BCUT2D eigenvalue weighted by molar-refractivity contribution is 5.76. The predicted octanol–water partition coefficient (Wildman–Crippen LogP) is 1.71. The second-order valence-electron chi connectivity index (χ2n) is 4.81. The molecule has 0 aliphatic carbocycles. The normalized spacial score (nSPS) is 10.4. The largest absolute Gasteiger partial charge is 0.497 e. The van der Waals surface area contributed by atoms with Crippen LogP contribution < -0.4 is 20.1 Å². The minimum atomic E-state index is 0.0167. The monoisotopic (exact) mass is 280 g/mol. The number of rotatable bonds is 8. The zero-order chi connectivity index (χ0) is 15.0. The lowest BCUT2D eigenvalue weighted by Gasteiger charge is -2.12. The molecule has 2 N–H and O–H groups in total. The van der Waals surface area contributed by atoms with Crippen molar-refractivity contribution in [2.24, 2.45) is 0 Å². The zero-order valence-electron chi connectivity index (χ0n) is 12.7. The van der Waals surface area contributed by atoms with E-state index in [1.54, 1.807) is 14.2 Å². The number of carbonyl (C=O) groups is 1. The number of hydrogen-bond acceptors (Lipinski definition) is 4. The molecule has 0 aliphatic heterocycles. The van der Waals surface area contributed by atoms with E-state index in [4.69, 9.17) is 9.47 Å². The molecule has 0 spiro atoms. The van der Waals surface area contributed by atoms with Gasteiger partial charge in [0.25, 0.3) is 0 Å². The third kappa shape index (κ3) is 5.48. The topological polar surface area (TPSA) is 59.6 Å². The van der Waals surface area contributed by atoms with Gasteiger partial charge in [-0.1, -0.05) is 13.8 Å². The summed E-state index contributed by atoms with van der Waals surface area (Å²) in [6, 6.07) is 5.92. The average molecular weight is 280 g/mol. The van der Waals surface area contributed by atoms with Gasteiger partial charge in [0.05, 0.1) is 14.2 Å². The van der Waals surface area contributed by atoms with Gasteiger partial charge >= 0.3 is 0 Å². The molecular formula is C15H24N2O3. The number of amides is 1. The van der Waals surface area contributed by atoms with E-state index in [9.17, 15) is 4.79 Å². The lowest BCUT2D eigenvalue weighted by Crippen LogP contribution is -2.30. The fourth-order valence-corrected chi connectivity index (χ4v) is 1.78. The van der Waals surface area contributed by atoms with Crippen molar-refractivity contribution < 1.29 is 14.3 Å². The van der Waals surface area contributed by atoms with Crippen LogP contribution in [-0.2, 0) is 11.3 Å². The maximum absolute atomic E-state index is 11.7. The summed E-state index contributed by atoms with van der Waals surface area (Å²) < 4.78 is 10.4. The number of nitrogens with one attached hydrogen (secondary N) is 2. The second kappa shape index (κ2) is 8.43. The van der Waals surface area contributed by atoms with E-state index in [1.165, 1.54) is 0 Å². The van der Waals surface area contributed by atoms with Crippen LogP contribution in [0, 0.1) is 0 Å². The molecule has 1 amide bonds. The van der Waals surface area contributed by atoms with Crippen molar-refractivity contribution in [2.75, 3.05) is 20.8 Å². The van der Waals surface area contributed by atoms with Crippen molar-refractivity contribution in [3.63, 3.8) is 0 Å². The molecule has 0 aromatic heterocycles. The zero-order valence-corrected chi connectivity index (χ0v) is 12.7. The van der Waals surface area contributed by atoms with E-state index < -0.39 is 0 Å². The number of hydrogen-bond donors (Lipinski definition) is 2. The number of methoxy groups -OCH3 is 2. The Labute approximate surface area is 120 Å². The van der Waals surface area contributed by atoms with Crippen molar-refractivity contribution in [1.82, 2.24) is 10.6 Å². The summed E-state index contributed by atoms with van der Waals surface area (Å²) >= 11 is 0. The molecular weight excluding hydrogens is 256 g/mol. The van der Waals surface area contributed by atoms with Crippen molar-refractivity contribution >= 4 is 5.91 Å². The second-order valence-corrected chi connectivity index (χ2v) is 4.81. The van der Waals surface area contributed by atoms with Crippen LogP contribution in [0.2, 0.25) is 0 Å². The Kier molecular flexibility index (Phi) is 6.87. The molecule has 0 atom stereocenters. The van der Waals surface area contributed by atoms with Gasteiger partial charge in [0.15, 0.2) is 0 Å². The number of benzene rings is 1. The van der Waals surface area contributed by atoms with Crippen molar-refractivity contribution in [2.45, 2.75) is 32.9 Å². The number of ether oxygens (including phenoxy) is 2. The van der Waals surface area contributed by atoms with Gasteiger partial charge in [0.2, 0.25) is 5.91 Å². The molecule has 0 radical (unpaired) electrons. The Morgan fingerprint density at radius 3 is 2.60 bits per heavy atom. The van der Waals surface area contributed by atoms with Crippen LogP contribution in [-0.4, -0.2) is 32.7 Å². The molecule has 5 heteroatoms. The molecule has 0 aliphatic rings. The van der Waals surface area contributed by atoms with Crippen LogP contribution in [0.3, 0.4) is 0 Å². The van der Waals surface area contributed by atoms with Gasteiger partial charge in [0, 0.05) is 31.1 Å².